The van der Waals surface area contributed by atoms with Crippen molar-refractivity contribution in [1.29, 1.82) is 0 Å². The summed E-state index contributed by atoms with van der Waals surface area (Å²) < 4.78 is 5.61. The van der Waals surface area contributed by atoms with Gasteiger partial charge in [0.25, 0.3) is 0 Å². The highest BCUT2D eigenvalue weighted by atomic mass is 16.5. The number of hydrogen-bond donors (Lipinski definition) is 1. The molecule has 3 aromatic rings. The number of aryl methyl sites for hydroxylation is 1. The van der Waals surface area contributed by atoms with Crippen molar-refractivity contribution in [2.75, 3.05) is 5.32 Å². The predicted molar refractivity (Wildman–Crippen MR) is 99.3 cm³/mol. The fourth-order valence-corrected chi connectivity index (χ4v) is 3.32. The largest absolute Gasteiger partial charge is 0.438 e. The van der Waals surface area contributed by atoms with Crippen LogP contribution in [-0.2, 0) is 11.2 Å². The van der Waals surface area contributed by atoms with E-state index in [0.717, 1.165) is 30.5 Å². The summed E-state index contributed by atoms with van der Waals surface area (Å²) in [5.41, 5.74) is 3.19. The van der Waals surface area contributed by atoms with Crippen molar-refractivity contribution in [2.45, 2.75) is 25.2 Å². The Balaban J connectivity index is 1.44. The zero-order chi connectivity index (χ0) is 17.8. The lowest BCUT2D eigenvalue weighted by Gasteiger charge is -2.24. The zero-order valence-electron chi connectivity index (χ0n) is 14.3. The molecule has 0 aliphatic heterocycles. The number of carbonyl (C=O) groups excluding carboxylic acids is 1. The summed E-state index contributed by atoms with van der Waals surface area (Å²) in [6, 6.07) is 15.5. The second-order valence-electron chi connectivity index (χ2n) is 6.30. The molecule has 1 heterocycles. The molecule has 1 aliphatic carbocycles. The number of amides is 1. The third-order valence-corrected chi connectivity index (χ3v) is 4.57. The number of rotatable bonds is 4. The Bertz CT molecular complexity index is 895. The van der Waals surface area contributed by atoms with E-state index in [0.29, 0.717) is 11.6 Å². The maximum atomic E-state index is 12.7. The number of benzene rings is 2. The lowest BCUT2D eigenvalue weighted by atomic mass is 9.82. The van der Waals surface area contributed by atoms with Crippen molar-refractivity contribution in [3.63, 3.8) is 0 Å². The minimum absolute atomic E-state index is 0.0414. The lowest BCUT2D eigenvalue weighted by molar-refractivity contribution is -0.117. The number of carbonyl (C=O) groups is 1. The Labute approximate surface area is 152 Å². The number of anilines is 1. The first-order valence-electron chi connectivity index (χ1n) is 8.72. The van der Waals surface area contributed by atoms with Gasteiger partial charge in [-0.2, -0.15) is 0 Å². The SMILES string of the molecule is O=C(Nc1ccc(Oc2cnccn2)cc1)[C@@H]1CCCc2ccccc21. The van der Waals surface area contributed by atoms with Crippen LogP contribution in [0.5, 0.6) is 11.6 Å². The Hall–Kier alpha value is -3.21. The van der Waals surface area contributed by atoms with Gasteiger partial charge in [0.2, 0.25) is 11.8 Å². The molecule has 1 aromatic heterocycles. The van der Waals surface area contributed by atoms with Crippen LogP contribution in [0.1, 0.15) is 29.9 Å². The summed E-state index contributed by atoms with van der Waals surface area (Å²) >= 11 is 0. The van der Waals surface area contributed by atoms with Crippen LogP contribution in [0, 0.1) is 0 Å². The minimum Gasteiger partial charge on any atom is -0.438 e. The molecule has 0 unspecified atom stereocenters. The molecule has 4 rings (SSSR count). The van der Waals surface area contributed by atoms with E-state index in [1.807, 2.05) is 24.3 Å². The van der Waals surface area contributed by atoms with Crippen molar-refractivity contribution in [3.8, 4) is 11.6 Å². The van der Waals surface area contributed by atoms with E-state index in [9.17, 15) is 4.79 Å². The van der Waals surface area contributed by atoms with Gasteiger partial charge < -0.3 is 10.1 Å². The van der Waals surface area contributed by atoms with Crippen molar-refractivity contribution in [3.05, 3.63) is 78.2 Å². The van der Waals surface area contributed by atoms with Crippen LogP contribution in [0.25, 0.3) is 0 Å². The Morgan fingerprint density at radius 1 is 1.08 bits per heavy atom. The third kappa shape index (κ3) is 3.57. The van der Waals surface area contributed by atoms with Gasteiger partial charge >= 0.3 is 0 Å². The van der Waals surface area contributed by atoms with Gasteiger partial charge in [0.15, 0.2) is 0 Å². The van der Waals surface area contributed by atoms with E-state index < -0.39 is 0 Å². The number of nitrogens with zero attached hydrogens (tertiary/aromatic N) is 2. The lowest BCUT2D eigenvalue weighted by Crippen LogP contribution is -2.24. The summed E-state index contributed by atoms with van der Waals surface area (Å²) in [4.78, 5) is 20.8. The second-order valence-corrected chi connectivity index (χ2v) is 6.30. The second kappa shape index (κ2) is 7.35. The van der Waals surface area contributed by atoms with Gasteiger partial charge in [-0.1, -0.05) is 24.3 Å². The number of fused-ring (bicyclic) bond motifs is 1. The van der Waals surface area contributed by atoms with Gasteiger partial charge in [-0.25, -0.2) is 4.98 Å². The summed E-state index contributed by atoms with van der Waals surface area (Å²) in [6.45, 7) is 0. The molecule has 5 heteroatoms. The van der Waals surface area contributed by atoms with Crippen molar-refractivity contribution >= 4 is 11.6 Å². The van der Waals surface area contributed by atoms with E-state index in [2.05, 4.69) is 27.4 Å². The minimum atomic E-state index is -0.0875. The first-order valence-corrected chi connectivity index (χ1v) is 8.72. The van der Waals surface area contributed by atoms with E-state index in [-0.39, 0.29) is 11.8 Å². The number of nitrogens with one attached hydrogen (secondary N) is 1. The molecule has 5 nitrogen and oxygen atoms in total. The van der Waals surface area contributed by atoms with E-state index >= 15 is 0 Å². The Kier molecular flexibility index (Phi) is 4.60. The van der Waals surface area contributed by atoms with Crippen molar-refractivity contribution in [1.82, 2.24) is 9.97 Å². The summed E-state index contributed by atoms with van der Waals surface area (Å²) in [5, 5.41) is 3.02. The molecule has 0 radical (unpaired) electrons. The van der Waals surface area contributed by atoms with E-state index in [4.69, 9.17) is 4.74 Å². The number of aromatic nitrogens is 2. The molecular weight excluding hydrogens is 326 g/mol. The first kappa shape index (κ1) is 16.3. The molecule has 1 aliphatic rings. The Morgan fingerprint density at radius 2 is 1.92 bits per heavy atom. The molecule has 1 amide bonds. The normalized spacial score (nSPS) is 15.8. The van der Waals surface area contributed by atoms with Crippen molar-refractivity contribution < 1.29 is 9.53 Å². The van der Waals surface area contributed by atoms with Crippen LogP contribution in [0.3, 0.4) is 0 Å². The van der Waals surface area contributed by atoms with Gasteiger partial charge in [0.1, 0.15) is 5.75 Å². The molecule has 130 valence electrons. The van der Waals surface area contributed by atoms with Crippen LogP contribution >= 0.6 is 0 Å². The summed E-state index contributed by atoms with van der Waals surface area (Å²) in [7, 11) is 0. The molecule has 26 heavy (non-hydrogen) atoms. The van der Waals surface area contributed by atoms with Crippen LogP contribution in [-0.4, -0.2) is 15.9 Å². The molecule has 1 N–H and O–H groups in total. The van der Waals surface area contributed by atoms with E-state index in [1.165, 1.54) is 5.56 Å². The molecule has 0 fully saturated rings. The molecular formula is C21H19N3O2. The molecule has 0 bridgehead atoms. The molecule has 1 atom stereocenters. The van der Waals surface area contributed by atoms with Crippen LogP contribution < -0.4 is 10.1 Å². The fourth-order valence-electron chi connectivity index (χ4n) is 3.32. The van der Waals surface area contributed by atoms with Gasteiger partial charge in [-0.05, 0) is 54.7 Å². The molecule has 0 spiro atoms. The molecule has 0 saturated carbocycles. The zero-order valence-corrected chi connectivity index (χ0v) is 14.3. The van der Waals surface area contributed by atoms with Gasteiger partial charge in [-0.3, -0.25) is 9.78 Å². The monoisotopic (exact) mass is 345 g/mol. The highest BCUT2D eigenvalue weighted by Gasteiger charge is 2.26. The van der Waals surface area contributed by atoms with Crippen LogP contribution in [0.15, 0.2) is 67.1 Å². The predicted octanol–water partition coefficient (Wildman–Crippen LogP) is 4.33. The van der Waals surface area contributed by atoms with Crippen molar-refractivity contribution in [2.24, 2.45) is 0 Å². The summed E-state index contributed by atoms with van der Waals surface area (Å²) in [5.74, 6) is 1.03. The van der Waals surface area contributed by atoms with Gasteiger partial charge in [-0.15, -0.1) is 0 Å². The standard InChI is InChI=1S/C21H19N3O2/c25-21(19-7-3-5-15-4-1-2-6-18(15)19)24-16-8-10-17(11-9-16)26-20-14-22-12-13-23-20/h1-2,4,6,8-14,19H,3,5,7H2,(H,24,25)/t19-/m1/s1. The third-order valence-electron chi connectivity index (χ3n) is 4.57. The topological polar surface area (TPSA) is 64.1 Å². The number of hydrogen-bond acceptors (Lipinski definition) is 4. The van der Waals surface area contributed by atoms with E-state index in [1.54, 1.807) is 30.7 Å². The average molecular weight is 345 g/mol. The quantitative estimate of drug-likeness (QED) is 0.764. The molecule has 2 aromatic carbocycles. The highest BCUT2D eigenvalue weighted by molar-refractivity contribution is 5.96. The highest BCUT2D eigenvalue weighted by Crippen LogP contribution is 2.32. The first-order chi connectivity index (χ1) is 12.8. The maximum absolute atomic E-state index is 12.7. The van der Waals surface area contributed by atoms with Crippen LogP contribution in [0.2, 0.25) is 0 Å². The summed E-state index contributed by atoms with van der Waals surface area (Å²) in [6.07, 6.45) is 7.70. The number of ether oxygens (including phenoxy) is 1. The van der Waals surface area contributed by atoms with Gasteiger partial charge in [0, 0.05) is 18.1 Å². The molecule has 0 saturated heterocycles. The average Bonchev–Trinajstić information content (AvgIpc) is 2.70. The Morgan fingerprint density at radius 3 is 2.73 bits per heavy atom. The smallest absolute Gasteiger partial charge is 0.237 e. The van der Waals surface area contributed by atoms with Crippen LogP contribution in [0.4, 0.5) is 5.69 Å². The van der Waals surface area contributed by atoms with Gasteiger partial charge in [0.05, 0.1) is 12.1 Å². The fraction of sp³-hybridized carbons (Fsp3) is 0.190. The maximum Gasteiger partial charge on any atom is 0.237 e.